The van der Waals surface area contributed by atoms with Gasteiger partial charge in [-0.25, -0.2) is 14.6 Å². The van der Waals surface area contributed by atoms with Gasteiger partial charge in [-0.3, -0.25) is 4.90 Å². The van der Waals surface area contributed by atoms with Gasteiger partial charge in [0.15, 0.2) is 0 Å². The van der Waals surface area contributed by atoms with Crippen molar-refractivity contribution in [3.8, 4) is 5.95 Å². The number of aromatic nitrogens is 4. The highest BCUT2D eigenvalue weighted by Crippen LogP contribution is 2.20. The SMILES string of the molecule is Cc1ccccc1N1CCN(C/C=C/c2cnn(-c3ncccn3)c2C)CC1.Cl. The molecule has 1 aliphatic heterocycles. The Morgan fingerprint density at radius 1 is 0.966 bits per heavy atom. The molecule has 0 atom stereocenters. The first kappa shape index (κ1) is 21.0. The molecule has 29 heavy (non-hydrogen) atoms. The maximum atomic E-state index is 4.42. The van der Waals surface area contributed by atoms with Gasteiger partial charge in [-0.2, -0.15) is 5.10 Å². The molecule has 4 rings (SSSR count). The number of benzene rings is 1. The summed E-state index contributed by atoms with van der Waals surface area (Å²) in [5.74, 6) is 0.604. The molecule has 2 aromatic heterocycles. The van der Waals surface area contributed by atoms with Crippen LogP contribution in [-0.4, -0.2) is 57.4 Å². The fourth-order valence-electron chi connectivity index (χ4n) is 3.61. The van der Waals surface area contributed by atoms with Crippen LogP contribution in [0.2, 0.25) is 0 Å². The average molecular weight is 411 g/mol. The van der Waals surface area contributed by atoms with Crippen molar-refractivity contribution in [1.82, 2.24) is 24.6 Å². The first-order valence-electron chi connectivity index (χ1n) is 9.74. The predicted molar refractivity (Wildman–Crippen MR) is 120 cm³/mol. The van der Waals surface area contributed by atoms with Crippen molar-refractivity contribution in [3.63, 3.8) is 0 Å². The number of para-hydroxylation sites is 1. The van der Waals surface area contributed by atoms with Crippen LogP contribution in [0.5, 0.6) is 0 Å². The molecule has 1 saturated heterocycles. The molecule has 0 spiro atoms. The lowest BCUT2D eigenvalue weighted by molar-refractivity contribution is 0.284. The number of hydrogen-bond donors (Lipinski definition) is 0. The summed E-state index contributed by atoms with van der Waals surface area (Å²) in [4.78, 5) is 13.5. The highest BCUT2D eigenvalue weighted by atomic mass is 35.5. The molecule has 1 fully saturated rings. The molecule has 3 heterocycles. The van der Waals surface area contributed by atoms with Gasteiger partial charge in [-0.1, -0.05) is 30.4 Å². The average Bonchev–Trinajstić information content (AvgIpc) is 3.10. The molecule has 0 saturated carbocycles. The lowest BCUT2D eigenvalue weighted by atomic mass is 10.1. The summed E-state index contributed by atoms with van der Waals surface area (Å²) in [5, 5.41) is 4.42. The predicted octanol–water partition coefficient (Wildman–Crippen LogP) is 3.54. The van der Waals surface area contributed by atoms with Gasteiger partial charge in [-0.15, -0.1) is 12.4 Å². The zero-order chi connectivity index (χ0) is 19.3. The van der Waals surface area contributed by atoms with E-state index in [-0.39, 0.29) is 12.4 Å². The van der Waals surface area contributed by atoms with Crippen LogP contribution in [0.3, 0.4) is 0 Å². The molecule has 3 aromatic rings. The second kappa shape index (κ2) is 9.67. The van der Waals surface area contributed by atoms with E-state index in [2.05, 4.69) is 68.2 Å². The second-order valence-electron chi connectivity index (χ2n) is 7.12. The van der Waals surface area contributed by atoms with Gasteiger partial charge in [0, 0.05) is 56.4 Å². The Bertz CT molecular complexity index is 945. The Hall–Kier alpha value is -2.70. The molecule has 1 aliphatic rings. The van der Waals surface area contributed by atoms with Gasteiger partial charge < -0.3 is 4.90 Å². The smallest absolute Gasteiger partial charge is 0.250 e. The Balaban J connectivity index is 0.00000240. The monoisotopic (exact) mass is 410 g/mol. The molecular formula is C22H27ClN6. The maximum Gasteiger partial charge on any atom is 0.250 e. The molecule has 0 N–H and O–H groups in total. The Morgan fingerprint density at radius 2 is 1.69 bits per heavy atom. The van der Waals surface area contributed by atoms with E-state index in [1.165, 1.54) is 11.3 Å². The lowest BCUT2D eigenvalue weighted by Crippen LogP contribution is -2.46. The third kappa shape index (κ3) is 4.83. The Kier molecular flexibility index (Phi) is 7.01. The summed E-state index contributed by atoms with van der Waals surface area (Å²) in [5.41, 5.74) is 4.87. The van der Waals surface area contributed by atoms with E-state index < -0.39 is 0 Å². The second-order valence-corrected chi connectivity index (χ2v) is 7.12. The number of nitrogens with zero attached hydrogens (tertiary/aromatic N) is 6. The third-order valence-corrected chi connectivity index (χ3v) is 5.28. The molecule has 0 unspecified atom stereocenters. The van der Waals surface area contributed by atoms with Crippen molar-refractivity contribution < 1.29 is 0 Å². The fourth-order valence-corrected chi connectivity index (χ4v) is 3.61. The normalized spacial score (nSPS) is 14.9. The van der Waals surface area contributed by atoms with Crippen LogP contribution in [0, 0.1) is 13.8 Å². The zero-order valence-electron chi connectivity index (χ0n) is 16.9. The summed E-state index contributed by atoms with van der Waals surface area (Å²) in [6, 6.07) is 10.4. The number of aryl methyl sites for hydroxylation is 1. The number of piperazine rings is 1. The van der Waals surface area contributed by atoms with E-state index in [1.54, 1.807) is 17.1 Å². The van der Waals surface area contributed by atoms with Crippen molar-refractivity contribution in [2.45, 2.75) is 13.8 Å². The highest BCUT2D eigenvalue weighted by molar-refractivity contribution is 5.85. The molecule has 0 radical (unpaired) electrons. The maximum absolute atomic E-state index is 4.42. The van der Waals surface area contributed by atoms with E-state index >= 15 is 0 Å². The van der Waals surface area contributed by atoms with E-state index in [0.717, 1.165) is 44.0 Å². The van der Waals surface area contributed by atoms with Crippen molar-refractivity contribution >= 4 is 24.2 Å². The Morgan fingerprint density at radius 3 is 2.41 bits per heavy atom. The van der Waals surface area contributed by atoms with Crippen LogP contribution >= 0.6 is 12.4 Å². The van der Waals surface area contributed by atoms with E-state index in [9.17, 15) is 0 Å². The topological polar surface area (TPSA) is 50.1 Å². The van der Waals surface area contributed by atoms with Gasteiger partial charge in [0.2, 0.25) is 0 Å². The number of halogens is 1. The summed E-state index contributed by atoms with van der Waals surface area (Å²) in [6.45, 7) is 9.48. The van der Waals surface area contributed by atoms with Crippen molar-refractivity contribution in [2.24, 2.45) is 0 Å². The van der Waals surface area contributed by atoms with Gasteiger partial charge in [0.05, 0.1) is 11.9 Å². The molecule has 0 aliphatic carbocycles. The first-order chi connectivity index (χ1) is 13.7. The van der Waals surface area contributed by atoms with E-state index in [0.29, 0.717) is 5.95 Å². The van der Waals surface area contributed by atoms with Crippen LogP contribution in [0.15, 0.2) is 55.0 Å². The van der Waals surface area contributed by atoms with E-state index in [4.69, 9.17) is 0 Å². The quantitative estimate of drug-likeness (QED) is 0.644. The van der Waals surface area contributed by atoms with Gasteiger partial charge in [0.1, 0.15) is 0 Å². The molecule has 0 bridgehead atoms. The van der Waals surface area contributed by atoms with Crippen LogP contribution in [0.4, 0.5) is 5.69 Å². The number of hydrogen-bond acceptors (Lipinski definition) is 5. The van der Waals surface area contributed by atoms with Crippen LogP contribution in [-0.2, 0) is 0 Å². The van der Waals surface area contributed by atoms with Gasteiger partial charge in [-0.05, 0) is 31.5 Å². The Labute approximate surface area is 178 Å². The third-order valence-electron chi connectivity index (χ3n) is 5.28. The van der Waals surface area contributed by atoms with Crippen molar-refractivity contribution in [1.29, 1.82) is 0 Å². The number of rotatable bonds is 5. The first-order valence-corrected chi connectivity index (χ1v) is 9.74. The standard InChI is InChI=1S/C22H26N6.ClH/c1-18-7-3-4-9-21(18)27-15-13-26(14-16-27)12-5-8-20-17-25-28(19(20)2)22-23-10-6-11-24-22;/h3-11,17H,12-16H2,1-2H3;1H/b8-5+;. The van der Waals surface area contributed by atoms with Gasteiger partial charge in [0.25, 0.3) is 5.95 Å². The summed E-state index contributed by atoms with van der Waals surface area (Å²) < 4.78 is 1.78. The lowest BCUT2D eigenvalue weighted by Gasteiger charge is -2.36. The molecule has 1 aromatic carbocycles. The summed E-state index contributed by atoms with van der Waals surface area (Å²) >= 11 is 0. The highest BCUT2D eigenvalue weighted by Gasteiger charge is 2.17. The minimum Gasteiger partial charge on any atom is -0.369 e. The van der Waals surface area contributed by atoms with Crippen molar-refractivity contribution in [2.75, 3.05) is 37.6 Å². The summed E-state index contributed by atoms with van der Waals surface area (Å²) in [7, 11) is 0. The van der Waals surface area contributed by atoms with Crippen LogP contribution < -0.4 is 4.90 Å². The molecule has 152 valence electrons. The minimum absolute atomic E-state index is 0. The van der Waals surface area contributed by atoms with Crippen LogP contribution in [0.25, 0.3) is 12.0 Å². The van der Waals surface area contributed by atoms with Crippen molar-refractivity contribution in [3.05, 3.63) is 71.8 Å². The molecular weight excluding hydrogens is 384 g/mol. The molecule has 6 nitrogen and oxygen atoms in total. The number of anilines is 1. The zero-order valence-corrected chi connectivity index (χ0v) is 17.7. The minimum atomic E-state index is 0. The van der Waals surface area contributed by atoms with E-state index in [1.807, 2.05) is 19.2 Å². The van der Waals surface area contributed by atoms with Gasteiger partial charge >= 0.3 is 0 Å². The molecule has 7 heteroatoms. The largest absolute Gasteiger partial charge is 0.369 e. The molecule has 0 amide bonds. The summed E-state index contributed by atoms with van der Waals surface area (Å²) in [6.07, 6.45) is 9.71. The van der Waals surface area contributed by atoms with Crippen LogP contribution in [0.1, 0.15) is 16.8 Å². The fraction of sp³-hybridized carbons (Fsp3) is 0.318.